The van der Waals surface area contributed by atoms with E-state index in [4.69, 9.17) is 0 Å². The van der Waals surface area contributed by atoms with Crippen molar-refractivity contribution in [2.75, 3.05) is 45.8 Å². The number of hydrogen-bond donors (Lipinski definition) is 4. The van der Waals surface area contributed by atoms with Crippen molar-refractivity contribution in [2.45, 2.75) is 86.0 Å². The van der Waals surface area contributed by atoms with E-state index in [-0.39, 0.29) is 35.4 Å². The summed E-state index contributed by atoms with van der Waals surface area (Å²) in [5.74, 6) is 0. The van der Waals surface area contributed by atoms with E-state index in [0.29, 0.717) is 42.8 Å². The van der Waals surface area contributed by atoms with E-state index in [1.165, 1.54) is 5.23 Å². The van der Waals surface area contributed by atoms with Crippen molar-refractivity contribution in [2.24, 2.45) is 5.10 Å². The Labute approximate surface area is 254 Å². The van der Waals surface area contributed by atoms with E-state index in [2.05, 4.69) is 54.3 Å². The Bertz CT molecular complexity index is 871. The van der Waals surface area contributed by atoms with Gasteiger partial charge in [-0.2, -0.15) is 5.43 Å². The molecule has 1 aliphatic rings. The Kier molecular flexibility index (Phi) is 19.8. The Balaban J connectivity index is 2.71. The van der Waals surface area contributed by atoms with Crippen molar-refractivity contribution in [3.8, 4) is 0 Å². The van der Waals surface area contributed by atoms with Gasteiger partial charge in [0, 0.05) is 38.8 Å². The summed E-state index contributed by atoms with van der Waals surface area (Å²) in [5, 5.41) is 11.4. The van der Waals surface area contributed by atoms with Crippen molar-refractivity contribution in [3.05, 3.63) is 11.1 Å². The first-order valence-corrected chi connectivity index (χ1v) is 16.5. The number of rotatable bonds is 19. The van der Waals surface area contributed by atoms with Crippen LogP contribution in [0.1, 0.15) is 86.0 Å². The molecule has 14 heteroatoms. The van der Waals surface area contributed by atoms with Crippen molar-refractivity contribution in [1.29, 1.82) is 0 Å². The number of amides is 4. The first-order valence-electron chi connectivity index (χ1n) is 14.8. The molecule has 0 saturated carbocycles. The van der Waals surface area contributed by atoms with Crippen molar-refractivity contribution < 1.29 is 19.2 Å². The third-order valence-corrected chi connectivity index (χ3v) is 7.47. The Hall–Kier alpha value is -2.45. The zero-order valence-electron chi connectivity index (χ0n) is 25.4. The lowest BCUT2D eigenvalue weighted by molar-refractivity contribution is -0.110. The van der Waals surface area contributed by atoms with Crippen LogP contribution in [0.15, 0.2) is 16.2 Å². The zero-order valence-corrected chi connectivity index (χ0v) is 27.1. The van der Waals surface area contributed by atoms with Gasteiger partial charge in [0.15, 0.2) is 0 Å². The summed E-state index contributed by atoms with van der Waals surface area (Å²) in [4.78, 5) is 54.2. The quantitative estimate of drug-likeness (QED) is 0.168. The molecule has 12 nitrogen and oxygen atoms in total. The van der Waals surface area contributed by atoms with Crippen LogP contribution in [0.5, 0.6) is 0 Å². The largest absolute Gasteiger partial charge is 0.330 e. The number of unbranched alkanes of at least 4 members (excludes halogenated alkanes) is 4. The molecule has 0 radical (unpaired) electrons. The van der Waals surface area contributed by atoms with Gasteiger partial charge in [0.05, 0.1) is 13.1 Å². The number of hydrogen-bond acceptors (Lipinski definition) is 10. The highest BCUT2D eigenvalue weighted by molar-refractivity contribution is 8.26. The minimum atomic E-state index is -0.278. The molecule has 0 saturated heterocycles. The van der Waals surface area contributed by atoms with Gasteiger partial charge in [-0.25, -0.2) is 9.59 Å². The number of carbonyl (C=O) groups excluding carboxylic acids is 4. The number of hydrazone groups is 1. The number of thioether (sulfide) groups is 2. The molecule has 0 aromatic carbocycles. The Morgan fingerprint density at radius 3 is 1.61 bits per heavy atom. The van der Waals surface area contributed by atoms with Gasteiger partial charge in [0.1, 0.15) is 10.1 Å². The lowest BCUT2D eigenvalue weighted by Gasteiger charge is -2.26. The Morgan fingerprint density at radius 2 is 1.20 bits per heavy atom. The molecule has 41 heavy (non-hydrogen) atoms. The second-order valence-electron chi connectivity index (χ2n) is 9.54. The number of hydrazine groups is 2. The molecule has 1 rings (SSSR count). The monoisotopic (exact) mass is 614 g/mol. The highest BCUT2D eigenvalue weighted by Gasteiger charge is 2.21. The fourth-order valence-electron chi connectivity index (χ4n) is 3.58. The van der Waals surface area contributed by atoms with Crippen LogP contribution < -0.4 is 21.5 Å². The maximum Gasteiger partial charge on any atom is 0.317 e. The summed E-state index contributed by atoms with van der Waals surface area (Å²) in [7, 11) is 0. The predicted molar refractivity (Wildman–Crippen MR) is 169 cm³/mol. The maximum atomic E-state index is 12.7. The smallest absolute Gasteiger partial charge is 0.317 e. The molecule has 1 aliphatic heterocycles. The van der Waals surface area contributed by atoms with Gasteiger partial charge in [-0.15, -0.1) is 10.3 Å². The molecule has 0 spiro atoms. The molecule has 0 atom stereocenters. The van der Waals surface area contributed by atoms with Crippen LogP contribution in [0.4, 0.5) is 9.59 Å². The molecule has 234 valence electrons. The average molecular weight is 615 g/mol. The topological polar surface area (TPSA) is 138 Å². The summed E-state index contributed by atoms with van der Waals surface area (Å²) in [6.45, 7) is 13.1. The van der Waals surface area contributed by atoms with Gasteiger partial charge >= 0.3 is 12.1 Å². The fourth-order valence-corrected chi connectivity index (χ4v) is 5.03. The highest BCUT2D eigenvalue weighted by Crippen LogP contribution is 2.21. The standard InChI is InChI=1S/C27H50N8O4S2/c1-6-11-15-33(16-12-7-2)26(38)28-20-24(36)40-22-19-23(32-35(31-22)30-10-5)41-25(37)21-29-27(39)34(17-13-8-3)18-14-9-4/h19,30-31H,6-18,20-21H2,1-5H3,(H,28,38)(H,29,39). The number of carbonyl (C=O) groups is 4. The first-order chi connectivity index (χ1) is 19.8. The van der Waals surface area contributed by atoms with E-state index >= 15 is 0 Å². The summed E-state index contributed by atoms with van der Waals surface area (Å²) >= 11 is 1.81. The number of nitrogens with zero attached hydrogens (tertiary/aromatic N) is 4. The summed E-state index contributed by atoms with van der Waals surface area (Å²) in [6, 6.07) is -0.487. The van der Waals surface area contributed by atoms with E-state index in [9.17, 15) is 19.2 Å². The van der Waals surface area contributed by atoms with Gasteiger partial charge in [-0.3, -0.25) is 15.0 Å². The van der Waals surface area contributed by atoms with Crippen LogP contribution in [0.2, 0.25) is 0 Å². The van der Waals surface area contributed by atoms with Crippen LogP contribution in [0, 0.1) is 0 Å². The van der Waals surface area contributed by atoms with Crippen molar-refractivity contribution in [3.63, 3.8) is 0 Å². The van der Waals surface area contributed by atoms with Gasteiger partial charge in [-0.05, 0) is 49.2 Å². The van der Waals surface area contributed by atoms with Crippen LogP contribution in [0.3, 0.4) is 0 Å². The lowest BCUT2D eigenvalue weighted by Crippen LogP contribution is -2.46. The molecule has 0 fully saturated rings. The summed E-state index contributed by atoms with van der Waals surface area (Å²) < 4.78 is 0. The van der Waals surface area contributed by atoms with Crippen molar-refractivity contribution in [1.82, 2.24) is 36.5 Å². The number of urea groups is 2. The SMILES string of the molecule is CCCCN(CCCC)C(=O)NCC(=O)SC1=CC(SC(=O)CNC(=O)N(CCCC)CCCC)=NN(NCC)N1. The van der Waals surface area contributed by atoms with Crippen LogP contribution in [-0.4, -0.2) is 88.2 Å². The van der Waals surface area contributed by atoms with Gasteiger partial charge < -0.3 is 20.4 Å². The van der Waals surface area contributed by atoms with Crippen LogP contribution in [0.25, 0.3) is 0 Å². The lowest BCUT2D eigenvalue weighted by atomic mass is 10.3. The van der Waals surface area contributed by atoms with Gasteiger partial charge in [0.2, 0.25) is 10.2 Å². The molecule has 1 heterocycles. The summed E-state index contributed by atoms with van der Waals surface area (Å²) in [6.07, 6.45) is 9.19. The molecule has 0 aromatic heterocycles. The van der Waals surface area contributed by atoms with Gasteiger partial charge in [0.25, 0.3) is 0 Å². The molecular formula is C27H50N8O4S2. The molecule has 0 bridgehead atoms. The minimum absolute atomic E-state index is 0.129. The van der Waals surface area contributed by atoms with E-state index in [1.807, 2.05) is 6.92 Å². The fraction of sp³-hybridized carbons (Fsp3) is 0.741. The second kappa shape index (κ2) is 22.2. The highest BCUT2D eigenvalue weighted by atomic mass is 32.2. The van der Waals surface area contributed by atoms with Crippen molar-refractivity contribution >= 4 is 50.9 Å². The molecular weight excluding hydrogens is 564 g/mol. The molecule has 0 aliphatic carbocycles. The second-order valence-corrected chi connectivity index (χ2v) is 11.7. The summed E-state index contributed by atoms with van der Waals surface area (Å²) in [5.41, 5.74) is 5.96. The Morgan fingerprint density at radius 1 is 0.756 bits per heavy atom. The molecule has 0 aromatic rings. The molecule has 4 N–H and O–H groups in total. The van der Waals surface area contributed by atoms with E-state index < -0.39 is 0 Å². The van der Waals surface area contributed by atoms with E-state index in [0.717, 1.165) is 74.9 Å². The van der Waals surface area contributed by atoms with Gasteiger partial charge in [-0.1, -0.05) is 60.3 Å². The minimum Gasteiger partial charge on any atom is -0.330 e. The number of nitrogens with one attached hydrogen (secondary N) is 4. The third-order valence-electron chi connectivity index (χ3n) is 5.89. The van der Waals surface area contributed by atoms with Crippen LogP contribution >= 0.6 is 23.5 Å². The third kappa shape index (κ3) is 15.9. The zero-order chi connectivity index (χ0) is 30.5. The predicted octanol–water partition coefficient (Wildman–Crippen LogP) is 4.23. The van der Waals surface area contributed by atoms with Crippen LogP contribution in [-0.2, 0) is 9.59 Å². The average Bonchev–Trinajstić information content (AvgIpc) is 2.95. The normalized spacial score (nSPS) is 12.7. The first kappa shape index (κ1) is 36.6. The molecule has 0 unspecified atom stereocenters. The van der Waals surface area contributed by atoms with E-state index in [1.54, 1.807) is 15.9 Å². The maximum absolute atomic E-state index is 12.7. The molecule has 4 amide bonds.